The van der Waals surface area contributed by atoms with E-state index in [9.17, 15) is 4.79 Å². The maximum Gasteiger partial charge on any atom is 0.239 e. The number of benzene rings is 1. The Hall–Kier alpha value is -1.55. The summed E-state index contributed by atoms with van der Waals surface area (Å²) in [4.78, 5) is 13.9. The highest BCUT2D eigenvalue weighted by molar-refractivity contribution is 5.85. The molecule has 2 unspecified atom stereocenters. The van der Waals surface area contributed by atoms with Gasteiger partial charge in [0, 0.05) is 18.8 Å². The summed E-state index contributed by atoms with van der Waals surface area (Å²) in [6.45, 7) is 5.67. The normalized spacial score (nSPS) is 21.6. The van der Waals surface area contributed by atoms with E-state index >= 15 is 0 Å². The first kappa shape index (κ1) is 13.9. The Morgan fingerprint density at radius 1 is 1.53 bits per heavy atom. The highest BCUT2D eigenvalue weighted by Crippen LogP contribution is 2.35. The highest BCUT2D eigenvalue weighted by Gasteiger charge is 2.33. The molecule has 0 bridgehead atoms. The molecule has 3 N–H and O–H groups in total. The number of hydrogen-bond donors (Lipinski definition) is 2. The van der Waals surface area contributed by atoms with E-state index in [0.29, 0.717) is 12.5 Å². The number of nitrogens with zero attached hydrogens (tertiary/aromatic N) is 1. The number of nitrogens with one attached hydrogen (secondary N) is 1. The first-order chi connectivity index (χ1) is 8.98. The number of para-hydroxylation sites is 1. The standard InChI is InChI=1S/C15H23N3O/c1-11-8-9-18(10-15(2,17-3)14(16)19)13-7-5-4-6-12(11)13/h4-7,11,17H,8-10H2,1-3H3,(H2,16,19). The summed E-state index contributed by atoms with van der Waals surface area (Å²) in [7, 11) is 1.78. The van der Waals surface area contributed by atoms with E-state index < -0.39 is 5.54 Å². The van der Waals surface area contributed by atoms with Crippen molar-refractivity contribution in [1.29, 1.82) is 0 Å². The third kappa shape index (κ3) is 2.59. The van der Waals surface area contributed by atoms with Crippen LogP contribution in [-0.2, 0) is 4.79 Å². The van der Waals surface area contributed by atoms with Gasteiger partial charge in [-0.15, -0.1) is 0 Å². The van der Waals surface area contributed by atoms with Crippen LogP contribution < -0.4 is 16.0 Å². The molecule has 2 rings (SSSR count). The fourth-order valence-corrected chi connectivity index (χ4v) is 2.64. The van der Waals surface area contributed by atoms with E-state index in [-0.39, 0.29) is 5.91 Å². The first-order valence-electron chi connectivity index (χ1n) is 6.80. The predicted octanol–water partition coefficient (Wildman–Crippen LogP) is 1.46. The molecule has 104 valence electrons. The Morgan fingerprint density at radius 2 is 2.21 bits per heavy atom. The molecule has 1 aliphatic rings. The molecule has 4 heteroatoms. The molecule has 0 saturated carbocycles. The van der Waals surface area contributed by atoms with Crippen LogP contribution in [-0.4, -0.2) is 31.6 Å². The van der Waals surface area contributed by atoms with E-state index in [1.54, 1.807) is 7.05 Å². The summed E-state index contributed by atoms with van der Waals surface area (Å²) in [6, 6.07) is 8.42. The Morgan fingerprint density at radius 3 is 2.84 bits per heavy atom. The number of anilines is 1. The summed E-state index contributed by atoms with van der Waals surface area (Å²) < 4.78 is 0. The fourth-order valence-electron chi connectivity index (χ4n) is 2.64. The molecular formula is C15H23N3O. The summed E-state index contributed by atoms with van der Waals surface area (Å²) in [5, 5.41) is 3.05. The number of carbonyl (C=O) groups is 1. The van der Waals surface area contributed by atoms with Crippen molar-refractivity contribution in [3.8, 4) is 0 Å². The number of amides is 1. The number of carbonyl (C=O) groups excluding carboxylic acids is 1. The minimum absolute atomic E-state index is 0.314. The van der Waals surface area contributed by atoms with Crippen molar-refractivity contribution in [1.82, 2.24) is 5.32 Å². The van der Waals surface area contributed by atoms with Crippen LogP contribution in [0.25, 0.3) is 0 Å². The minimum atomic E-state index is -0.701. The average Bonchev–Trinajstić information content (AvgIpc) is 2.42. The molecule has 1 amide bonds. The Bertz CT molecular complexity index is 474. The lowest BCUT2D eigenvalue weighted by molar-refractivity contribution is -0.123. The number of primary amides is 1. The minimum Gasteiger partial charge on any atom is -0.369 e. The summed E-state index contributed by atoms with van der Waals surface area (Å²) in [6.07, 6.45) is 1.11. The molecule has 0 spiro atoms. The average molecular weight is 261 g/mol. The molecule has 19 heavy (non-hydrogen) atoms. The largest absolute Gasteiger partial charge is 0.369 e. The summed E-state index contributed by atoms with van der Waals surface area (Å²) in [5.41, 5.74) is 7.40. The molecule has 0 fully saturated rings. The van der Waals surface area contributed by atoms with Crippen molar-refractivity contribution < 1.29 is 4.79 Å². The van der Waals surface area contributed by atoms with E-state index in [4.69, 9.17) is 5.73 Å². The Balaban J connectivity index is 2.28. The van der Waals surface area contributed by atoms with Gasteiger partial charge < -0.3 is 16.0 Å². The molecule has 1 aromatic carbocycles. The van der Waals surface area contributed by atoms with Crippen LogP contribution >= 0.6 is 0 Å². The van der Waals surface area contributed by atoms with E-state index in [1.165, 1.54) is 11.3 Å². The number of rotatable bonds is 4. The third-order valence-corrected chi connectivity index (χ3v) is 4.24. The predicted molar refractivity (Wildman–Crippen MR) is 78.3 cm³/mol. The molecule has 1 heterocycles. The lowest BCUT2D eigenvalue weighted by Gasteiger charge is -2.39. The zero-order valence-corrected chi connectivity index (χ0v) is 11.9. The van der Waals surface area contributed by atoms with Gasteiger partial charge in [-0.05, 0) is 37.9 Å². The molecule has 0 aromatic heterocycles. The Kier molecular flexibility index (Phi) is 3.80. The lowest BCUT2D eigenvalue weighted by Crippen LogP contribution is -2.59. The van der Waals surface area contributed by atoms with E-state index in [2.05, 4.69) is 35.3 Å². The SMILES string of the molecule is CNC(C)(CN1CCC(C)c2ccccc21)C(N)=O. The molecule has 0 saturated heterocycles. The molecule has 0 aliphatic carbocycles. The molecule has 0 radical (unpaired) electrons. The number of nitrogens with two attached hydrogens (primary N) is 1. The van der Waals surface area contributed by atoms with Gasteiger partial charge in [0.05, 0.1) is 0 Å². The van der Waals surface area contributed by atoms with E-state index in [0.717, 1.165) is 13.0 Å². The van der Waals surface area contributed by atoms with Crippen LogP contribution in [0, 0.1) is 0 Å². The van der Waals surface area contributed by atoms with Gasteiger partial charge in [-0.25, -0.2) is 0 Å². The quantitative estimate of drug-likeness (QED) is 0.863. The van der Waals surface area contributed by atoms with Crippen molar-refractivity contribution >= 4 is 11.6 Å². The summed E-state index contributed by atoms with van der Waals surface area (Å²) in [5.74, 6) is 0.257. The molecule has 4 nitrogen and oxygen atoms in total. The zero-order chi connectivity index (χ0) is 14.0. The monoisotopic (exact) mass is 261 g/mol. The number of hydrogen-bond acceptors (Lipinski definition) is 3. The fraction of sp³-hybridized carbons (Fsp3) is 0.533. The van der Waals surface area contributed by atoms with Crippen LogP contribution in [0.15, 0.2) is 24.3 Å². The summed E-state index contributed by atoms with van der Waals surface area (Å²) >= 11 is 0. The number of likely N-dealkylation sites (N-methyl/N-ethyl adjacent to an activating group) is 1. The third-order valence-electron chi connectivity index (χ3n) is 4.24. The second-order valence-electron chi connectivity index (χ2n) is 5.62. The maximum atomic E-state index is 11.6. The van der Waals surface area contributed by atoms with Gasteiger partial charge in [0.2, 0.25) is 5.91 Å². The van der Waals surface area contributed by atoms with Crippen LogP contribution in [0.3, 0.4) is 0 Å². The van der Waals surface area contributed by atoms with Crippen molar-refractivity contribution in [3.63, 3.8) is 0 Å². The molecular weight excluding hydrogens is 238 g/mol. The second kappa shape index (κ2) is 5.21. The van der Waals surface area contributed by atoms with Crippen LogP contribution in [0.4, 0.5) is 5.69 Å². The highest BCUT2D eigenvalue weighted by atomic mass is 16.1. The number of fused-ring (bicyclic) bond motifs is 1. The maximum absolute atomic E-state index is 11.6. The smallest absolute Gasteiger partial charge is 0.239 e. The van der Waals surface area contributed by atoms with Crippen LogP contribution in [0.1, 0.15) is 31.7 Å². The van der Waals surface area contributed by atoms with Crippen molar-refractivity contribution in [2.75, 3.05) is 25.0 Å². The van der Waals surface area contributed by atoms with Gasteiger partial charge in [-0.1, -0.05) is 25.1 Å². The molecule has 1 aromatic rings. The van der Waals surface area contributed by atoms with Gasteiger partial charge in [0.25, 0.3) is 0 Å². The van der Waals surface area contributed by atoms with Gasteiger partial charge in [0.15, 0.2) is 0 Å². The Labute approximate surface area is 115 Å². The van der Waals surface area contributed by atoms with Crippen molar-refractivity contribution in [2.45, 2.75) is 31.7 Å². The van der Waals surface area contributed by atoms with Crippen LogP contribution in [0.5, 0.6) is 0 Å². The van der Waals surface area contributed by atoms with Crippen LogP contribution in [0.2, 0.25) is 0 Å². The van der Waals surface area contributed by atoms with E-state index in [1.807, 2.05) is 13.0 Å². The second-order valence-corrected chi connectivity index (χ2v) is 5.62. The van der Waals surface area contributed by atoms with Gasteiger partial charge in [0.1, 0.15) is 5.54 Å². The molecule has 2 atom stereocenters. The first-order valence-corrected chi connectivity index (χ1v) is 6.80. The van der Waals surface area contributed by atoms with Gasteiger partial charge >= 0.3 is 0 Å². The van der Waals surface area contributed by atoms with Crippen molar-refractivity contribution in [3.05, 3.63) is 29.8 Å². The van der Waals surface area contributed by atoms with Gasteiger partial charge in [-0.3, -0.25) is 4.79 Å². The topological polar surface area (TPSA) is 58.4 Å². The zero-order valence-electron chi connectivity index (χ0n) is 11.9. The molecule has 1 aliphatic heterocycles. The lowest BCUT2D eigenvalue weighted by atomic mass is 9.90. The van der Waals surface area contributed by atoms with Gasteiger partial charge in [-0.2, -0.15) is 0 Å². The van der Waals surface area contributed by atoms with Crippen molar-refractivity contribution in [2.24, 2.45) is 5.73 Å².